The molecule has 0 aliphatic carbocycles. The number of thiophene rings is 1. The fraction of sp³-hybridized carbons (Fsp3) is 0.588. The number of fused-ring (bicyclic) bond motifs is 2. The predicted molar refractivity (Wildman–Crippen MR) is 94.7 cm³/mol. The molecular formula is C17H22N4O2S. The van der Waals surface area contributed by atoms with Crippen molar-refractivity contribution < 1.29 is 4.79 Å². The van der Waals surface area contributed by atoms with Crippen LogP contribution in [0.1, 0.15) is 34.5 Å². The number of carbonyl (C=O) groups excluding carboxylic acids is 1. The van der Waals surface area contributed by atoms with Crippen molar-refractivity contribution in [2.75, 3.05) is 26.2 Å². The maximum Gasteiger partial charge on any atom is 0.264 e. The number of carbonyl (C=O) groups is 1. The summed E-state index contributed by atoms with van der Waals surface area (Å²) in [6.07, 6.45) is 5.23. The number of amides is 1. The van der Waals surface area contributed by atoms with Gasteiger partial charge in [-0.2, -0.15) is 0 Å². The van der Waals surface area contributed by atoms with E-state index in [9.17, 15) is 9.59 Å². The van der Waals surface area contributed by atoms with Gasteiger partial charge in [0.15, 0.2) is 0 Å². The van der Waals surface area contributed by atoms with Crippen LogP contribution in [0.3, 0.4) is 0 Å². The fourth-order valence-corrected chi connectivity index (χ4v) is 5.00. The summed E-state index contributed by atoms with van der Waals surface area (Å²) < 4.78 is 1.47. The van der Waals surface area contributed by atoms with Gasteiger partial charge in [-0.1, -0.05) is 6.42 Å². The van der Waals surface area contributed by atoms with Crippen molar-refractivity contribution in [3.05, 3.63) is 27.1 Å². The lowest BCUT2D eigenvalue weighted by molar-refractivity contribution is 0.0375. The Hall–Kier alpha value is -1.73. The summed E-state index contributed by atoms with van der Waals surface area (Å²) in [6.45, 7) is 5.56. The van der Waals surface area contributed by atoms with Crippen LogP contribution in [0.4, 0.5) is 0 Å². The maximum atomic E-state index is 13.0. The predicted octanol–water partition coefficient (Wildman–Crippen LogP) is 1.61. The van der Waals surface area contributed by atoms with Gasteiger partial charge < -0.3 is 9.47 Å². The van der Waals surface area contributed by atoms with Gasteiger partial charge in [-0.15, -0.1) is 11.3 Å². The molecule has 2 aromatic heterocycles. The largest absolute Gasteiger partial charge is 0.335 e. The molecule has 0 N–H and O–H groups in total. The van der Waals surface area contributed by atoms with Crippen LogP contribution in [0.25, 0.3) is 10.2 Å². The SMILES string of the molecule is Cc1c(C(=O)N2CCN3CCCC[C@H]3C2)sc2ncn(C)c(=O)c12. The lowest BCUT2D eigenvalue weighted by Gasteiger charge is -2.44. The first-order valence-corrected chi connectivity index (χ1v) is 9.36. The monoisotopic (exact) mass is 346 g/mol. The Morgan fingerprint density at radius 2 is 2.12 bits per heavy atom. The molecule has 7 heteroatoms. The molecule has 0 bridgehead atoms. The number of hydrogen-bond acceptors (Lipinski definition) is 5. The standard InChI is InChI=1S/C17H22N4O2S/c1-11-13-15(18-10-19(2)16(13)22)24-14(11)17(23)21-8-7-20-6-4-3-5-12(20)9-21/h10,12H,3-9H2,1-2H3/t12-/m0/s1. The molecule has 0 saturated carbocycles. The third-order valence-corrected chi connectivity index (χ3v) is 6.52. The van der Waals surface area contributed by atoms with Crippen LogP contribution in [0, 0.1) is 6.92 Å². The number of piperidine rings is 1. The summed E-state index contributed by atoms with van der Waals surface area (Å²) in [4.78, 5) is 35.5. The van der Waals surface area contributed by atoms with Crippen molar-refractivity contribution in [1.29, 1.82) is 0 Å². The lowest BCUT2D eigenvalue weighted by atomic mass is 9.99. The Bertz CT molecular complexity index is 856. The van der Waals surface area contributed by atoms with Crippen molar-refractivity contribution in [1.82, 2.24) is 19.4 Å². The molecule has 2 aliphatic rings. The van der Waals surface area contributed by atoms with Crippen LogP contribution in [0.2, 0.25) is 0 Å². The average Bonchev–Trinajstić information content (AvgIpc) is 2.94. The zero-order valence-electron chi connectivity index (χ0n) is 14.1. The molecule has 128 valence electrons. The van der Waals surface area contributed by atoms with Crippen LogP contribution >= 0.6 is 11.3 Å². The van der Waals surface area contributed by atoms with Gasteiger partial charge in [-0.05, 0) is 31.9 Å². The Labute approximate surface area is 144 Å². The van der Waals surface area contributed by atoms with Gasteiger partial charge in [0, 0.05) is 32.7 Å². The van der Waals surface area contributed by atoms with Crippen LogP contribution < -0.4 is 5.56 Å². The Morgan fingerprint density at radius 3 is 2.96 bits per heavy atom. The summed E-state index contributed by atoms with van der Waals surface area (Å²) in [5.41, 5.74) is 0.699. The smallest absolute Gasteiger partial charge is 0.264 e. The number of aromatic nitrogens is 2. The molecule has 0 unspecified atom stereocenters. The highest BCUT2D eigenvalue weighted by Crippen LogP contribution is 2.29. The average molecular weight is 346 g/mol. The first kappa shape index (κ1) is 15.8. The normalized spacial score (nSPS) is 21.9. The number of piperazine rings is 1. The molecule has 4 heterocycles. The second-order valence-corrected chi connectivity index (χ2v) is 7.83. The van der Waals surface area contributed by atoms with E-state index in [0.717, 1.165) is 31.7 Å². The third kappa shape index (κ3) is 2.46. The summed E-state index contributed by atoms with van der Waals surface area (Å²) in [7, 11) is 1.69. The molecular weight excluding hydrogens is 324 g/mol. The zero-order chi connectivity index (χ0) is 16.8. The van der Waals surface area contributed by atoms with Gasteiger partial charge in [-0.25, -0.2) is 4.98 Å². The third-order valence-electron chi connectivity index (χ3n) is 5.33. The van der Waals surface area contributed by atoms with E-state index in [-0.39, 0.29) is 11.5 Å². The van der Waals surface area contributed by atoms with Crippen LogP contribution in [0.5, 0.6) is 0 Å². The molecule has 1 atom stereocenters. The van der Waals surface area contributed by atoms with Gasteiger partial charge in [0.25, 0.3) is 11.5 Å². The summed E-state index contributed by atoms with van der Waals surface area (Å²) in [5.74, 6) is 0.0581. The minimum Gasteiger partial charge on any atom is -0.335 e. The Morgan fingerprint density at radius 1 is 1.29 bits per heavy atom. The van der Waals surface area contributed by atoms with Crippen molar-refractivity contribution in [2.24, 2.45) is 7.05 Å². The molecule has 0 aromatic carbocycles. The molecule has 6 nitrogen and oxygen atoms in total. The second-order valence-electron chi connectivity index (χ2n) is 6.83. The first-order chi connectivity index (χ1) is 11.6. The highest BCUT2D eigenvalue weighted by atomic mass is 32.1. The first-order valence-electron chi connectivity index (χ1n) is 8.54. The molecule has 2 aromatic rings. The van der Waals surface area contributed by atoms with E-state index >= 15 is 0 Å². The minimum absolute atomic E-state index is 0.0581. The molecule has 2 saturated heterocycles. The van der Waals surface area contributed by atoms with Crippen molar-refractivity contribution in [3.63, 3.8) is 0 Å². The number of rotatable bonds is 1. The van der Waals surface area contributed by atoms with E-state index in [4.69, 9.17) is 0 Å². The number of aryl methyl sites for hydroxylation is 2. The molecule has 24 heavy (non-hydrogen) atoms. The zero-order valence-corrected chi connectivity index (χ0v) is 14.9. The van der Waals surface area contributed by atoms with E-state index in [1.807, 2.05) is 11.8 Å². The summed E-state index contributed by atoms with van der Waals surface area (Å²) >= 11 is 1.35. The van der Waals surface area contributed by atoms with E-state index in [0.29, 0.717) is 21.1 Å². The Kier molecular flexibility index (Phi) is 3.92. The van der Waals surface area contributed by atoms with Crippen molar-refractivity contribution >= 4 is 27.5 Å². The van der Waals surface area contributed by atoms with Crippen LogP contribution in [-0.4, -0.2) is 57.5 Å². The van der Waals surface area contributed by atoms with Crippen LogP contribution in [0.15, 0.2) is 11.1 Å². The van der Waals surface area contributed by atoms with Gasteiger partial charge in [-0.3, -0.25) is 14.5 Å². The van der Waals surface area contributed by atoms with Gasteiger partial charge >= 0.3 is 0 Å². The topological polar surface area (TPSA) is 58.4 Å². The molecule has 0 radical (unpaired) electrons. The van der Waals surface area contributed by atoms with Crippen molar-refractivity contribution in [3.8, 4) is 0 Å². The van der Waals surface area contributed by atoms with E-state index in [2.05, 4.69) is 9.88 Å². The maximum absolute atomic E-state index is 13.0. The fourth-order valence-electron chi connectivity index (χ4n) is 3.90. The highest BCUT2D eigenvalue weighted by molar-refractivity contribution is 7.20. The van der Waals surface area contributed by atoms with Gasteiger partial charge in [0.05, 0.1) is 16.6 Å². The molecule has 0 spiro atoms. The lowest BCUT2D eigenvalue weighted by Crippen LogP contribution is -2.56. The van der Waals surface area contributed by atoms with Gasteiger partial charge in [0.2, 0.25) is 0 Å². The van der Waals surface area contributed by atoms with E-state index in [1.54, 1.807) is 7.05 Å². The highest BCUT2D eigenvalue weighted by Gasteiger charge is 2.32. The quantitative estimate of drug-likeness (QED) is 0.787. The van der Waals surface area contributed by atoms with E-state index in [1.165, 1.54) is 41.5 Å². The summed E-state index contributed by atoms with van der Waals surface area (Å²) in [6, 6.07) is 0.497. The molecule has 4 rings (SSSR count). The molecule has 2 fully saturated rings. The van der Waals surface area contributed by atoms with Gasteiger partial charge in [0.1, 0.15) is 4.83 Å². The minimum atomic E-state index is -0.0788. The summed E-state index contributed by atoms with van der Waals surface area (Å²) in [5, 5.41) is 0.588. The van der Waals surface area contributed by atoms with Crippen molar-refractivity contribution in [2.45, 2.75) is 32.2 Å². The molecule has 1 amide bonds. The second kappa shape index (κ2) is 5.97. The van der Waals surface area contributed by atoms with E-state index < -0.39 is 0 Å². The molecule has 2 aliphatic heterocycles. The number of hydrogen-bond donors (Lipinski definition) is 0. The number of nitrogens with zero attached hydrogens (tertiary/aromatic N) is 4. The van der Waals surface area contributed by atoms with Crippen LogP contribution in [-0.2, 0) is 7.05 Å². The Balaban J connectivity index is 1.65.